The van der Waals surface area contributed by atoms with Crippen LogP contribution >= 0.6 is 0 Å². The lowest BCUT2D eigenvalue weighted by molar-refractivity contribution is 0.364. The van der Waals surface area contributed by atoms with Gasteiger partial charge < -0.3 is 4.74 Å². The number of ether oxygens (including phenoxy) is 1. The molecule has 0 saturated heterocycles. The van der Waals surface area contributed by atoms with E-state index in [1.807, 2.05) is 55.5 Å². The molecule has 0 spiro atoms. The molecule has 4 nitrogen and oxygen atoms in total. The molecule has 0 aromatic heterocycles. The monoisotopic (exact) mass is 277 g/mol. The van der Waals surface area contributed by atoms with E-state index in [0.717, 1.165) is 16.7 Å². The second-order valence-corrected chi connectivity index (χ2v) is 4.55. The van der Waals surface area contributed by atoms with Crippen LogP contribution in [0, 0.1) is 19.3 Å². The van der Waals surface area contributed by atoms with Gasteiger partial charge in [-0.25, -0.2) is 0 Å². The fourth-order valence-corrected chi connectivity index (χ4v) is 2.07. The molecular weight excluding hydrogens is 262 g/mol. The van der Waals surface area contributed by atoms with Crippen LogP contribution in [-0.2, 0) is 0 Å². The van der Waals surface area contributed by atoms with Crippen LogP contribution in [0.15, 0.2) is 53.6 Å². The number of aryl methyl sites for hydroxylation is 1. The van der Waals surface area contributed by atoms with Crippen LogP contribution in [0.1, 0.15) is 22.7 Å². The summed E-state index contributed by atoms with van der Waals surface area (Å²) in [6, 6.07) is 14.9. The van der Waals surface area contributed by atoms with Gasteiger partial charge in [0.25, 0.3) is 0 Å². The van der Waals surface area contributed by atoms with Gasteiger partial charge in [0.2, 0.25) is 0 Å². The number of azide groups is 1. The molecule has 0 amide bonds. The zero-order valence-electron chi connectivity index (χ0n) is 11.7. The van der Waals surface area contributed by atoms with Gasteiger partial charge in [-0.15, -0.1) is 6.42 Å². The van der Waals surface area contributed by atoms with Gasteiger partial charge in [0, 0.05) is 10.5 Å². The summed E-state index contributed by atoms with van der Waals surface area (Å²) < 4.78 is 5.54. The quantitative estimate of drug-likeness (QED) is 0.345. The van der Waals surface area contributed by atoms with Crippen molar-refractivity contribution < 1.29 is 4.74 Å². The first-order chi connectivity index (χ1) is 10.3. The standard InChI is InChI=1S/C17H15N3O/c1-3-12-21-16-7-5-4-6-15(16)17(19-20-18)14-10-8-13(2)9-11-14/h1,4-11,17H,12H2,2H3. The highest BCUT2D eigenvalue weighted by Crippen LogP contribution is 2.33. The van der Waals surface area contributed by atoms with E-state index >= 15 is 0 Å². The summed E-state index contributed by atoms with van der Waals surface area (Å²) in [7, 11) is 0. The van der Waals surface area contributed by atoms with Crippen LogP contribution < -0.4 is 4.74 Å². The van der Waals surface area contributed by atoms with Crippen LogP contribution in [0.2, 0.25) is 0 Å². The number of nitrogens with zero attached hydrogens (tertiary/aromatic N) is 3. The zero-order chi connectivity index (χ0) is 15.1. The lowest BCUT2D eigenvalue weighted by atomic mass is 9.98. The lowest BCUT2D eigenvalue weighted by Gasteiger charge is -2.16. The van der Waals surface area contributed by atoms with Gasteiger partial charge in [0.05, 0.1) is 6.04 Å². The normalized spacial score (nSPS) is 11.0. The predicted molar refractivity (Wildman–Crippen MR) is 82.9 cm³/mol. The second-order valence-electron chi connectivity index (χ2n) is 4.55. The lowest BCUT2D eigenvalue weighted by Crippen LogP contribution is -2.03. The molecule has 0 bridgehead atoms. The fraction of sp³-hybridized carbons (Fsp3) is 0.176. The van der Waals surface area contributed by atoms with Gasteiger partial charge in [-0.2, -0.15) is 0 Å². The number of terminal acetylenes is 1. The Bertz CT molecular complexity index is 695. The third-order valence-corrected chi connectivity index (χ3v) is 3.08. The summed E-state index contributed by atoms with van der Waals surface area (Å²) in [5, 5.41) is 3.91. The highest BCUT2D eigenvalue weighted by molar-refractivity contribution is 5.42. The van der Waals surface area contributed by atoms with Gasteiger partial charge in [0.15, 0.2) is 0 Å². The average Bonchev–Trinajstić information content (AvgIpc) is 2.52. The van der Waals surface area contributed by atoms with Crippen molar-refractivity contribution in [2.75, 3.05) is 6.61 Å². The molecule has 0 fully saturated rings. The minimum atomic E-state index is -0.440. The van der Waals surface area contributed by atoms with E-state index in [1.54, 1.807) is 0 Å². The zero-order valence-corrected chi connectivity index (χ0v) is 11.7. The summed E-state index contributed by atoms with van der Waals surface area (Å²) in [4.78, 5) is 2.96. The van der Waals surface area contributed by atoms with E-state index in [9.17, 15) is 0 Å². The third-order valence-electron chi connectivity index (χ3n) is 3.08. The molecule has 1 atom stereocenters. The minimum Gasteiger partial charge on any atom is -0.481 e. The van der Waals surface area contributed by atoms with Crippen LogP contribution in [0.5, 0.6) is 5.75 Å². The summed E-state index contributed by atoms with van der Waals surface area (Å²) >= 11 is 0. The number of para-hydroxylation sites is 1. The SMILES string of the molecule is C#CCOc1ccccc1C(N=[N+]=[N-])c1ccc(C)cc1. The Kier molecular flexibility index (Phi) is 4.87. The first-order valence-electron chi connectivity index (χ1n) is 6.52. The Morgan fingerprint density at radius 1 is 1.24 bits per heavy atom. The molecule has 104 valence electrons. The minimum absolute atomic E-state index is 0.175. The number of hydrogen-bond acceptors (Lipinski definition) is 2. The molecule has 0 aliphatic rings. The first kappa shape index (κ1) is 14.5. The van der Waals surface area contributed by atoms with Crippen molar-refractivity contribution in [3.8, 4) is 18.1 Å². The molecular formula is C17H15N3O. The number of benzene rings is 2. The van der Waals surface area contributed by atoms with Crippen molar-refractivity contribution in [1.29, 1.82) is 0 Å². The van der Waals surface area contributed by atoms with Crippen LogP contribution in [0.4, 0.5) is 0 Å². The molecule has 0 radical (unpaired) electrons. The Morgan fingerprint density at radius 2 is 1.95 bits per heavy atom. The largest absolute Gasteiger partial charge is 0.481 e. The van der Waals surface area contributed by atoms with Crippen molar-refractivity contribution in [1.82, 2.24) is 0 Å². The first-order valence-corrected chi connectivity index (χ1v) is 6.52. The summed E-state index contributed by atoms with van der Waals surface area (Å²) in [6.45, 7) is 2.18. The Labute approximate surface area is 124 Å². The molecule has 0 saturated carbocycles. The smallest absolute Gasteiger partial charge is 0.148 e. The van der Waals surface area contributed by atoms with Crippen LogP contribution in [0.25, 0.3) is 10.4 Å². The number of hydrogen-bond donors (Lipinski definition) is 0. The molecule has 0 heterocycles. The van der Waals surface area contributed by atoms with Gasteiger partial charge >= 0.3 is 0 Å². The maximum Gasteiger partial charge on any atom is 0.148 e. The molecule has 4 heteroatoms. The van der Waals surface area contributed by atoms with Crippen LogP contribution in [0.3, 0.4) is 0 Å². The highest BCUT2D eigenvalue weighted by atomic mass is 16.5. The van der Waals surface area contributed by atoms with Gasteiger partial charge in [-0.05, 0) is 24.1 Å². The van der Waals surface area contributed by atoms with E-state index in [1.165, 1.54) is 0 Å². The molecule has 0 N–H and O–H groups in total. The van der Waals surface area contributed by atoms with Crippen molar-refractivity contribution in [2.24, 2.45) is 5.11 Å². The van der Waals surface area contributed by atoms with Gasteiger partial charge in [-0.3, -0.25) is 0 Å². The Hall–Kier alpha value is -2.89. The maximum atomic E-state index is 8.87. The number of rotatable bonds is 5. The van der Waals surface area contributed by atoms with Crippen LogP contribution in [-0.4, -0.2) is 6.61 Å². The highest BCUT2D eigenvalue weighted by Gasteiger charge is 2.16. The summed E-state index contributed by atoms with van der Waals surface area (Å²) in [6.07, 6.45) is 5.23. The van der Waals surface area contributed by atoms with E-state index in [2.05, 4.69) is 15.9 Å². The molecule has 2 aromatic carbocycles. The predicted octanol–water partition coefficient (Wildman–Crippen LogP) is 4.41. The van der Waals surface area contributed by atoms with E-state index in [-0.39, 0.29) is 6.61 Å². The maximum absolute atomic E-state index is 8.87. The fourth-order valence-electron chi connectivity index (χ4n) is 2.07. The second kappa shape index (κ2) is 7.04. The Balaban J connectivity index is 2.46. The molecule has 0 aliphatic heterocycles. The summed E-state index contributed by atoms with van der Waals surface area (Å²) in [5.41, 5.74) is 11.7. The molecule has 2 aromatic rings. The van der Waals surface area contributed by atoms with Crippen molar-refractivity contribution in [3.05, 3.63) is 75.7 Å². The summed E-state index contributed by atoms with van der Waals surface area (Å²) in [5.74, 6) is 3.07. The van der Waals surface area contributed by atoms with Crippen molar-refractivity contribution >= 4 is 0 Å². The Morgan fingerprint density at radius 3 is 2.62 bits per heavy atom. The third kappa shape index (κ3) is 3.56. The van der Waals surface area contributed by atoms with Gasteiger partial charge in [0.1, 0.15) is 12.4 Å². The average molecular weight is 277 g/mol. The van der Waals surface area contributed by atoms with Crippen molar-refractivity contribution in [2.45, 2.75) is 13.0 Å². The van der Waals surface area contributed by atoms with E-state index in [4.69, 9.17) is 16.7 Å². The van der Waals surface area contributed by atoms with E-state index in [0.29, 0.717) is 5.75 Å². The molecule has 1 unspecified atom stereocenters. The topological polar surface area (TPSA) is 58.0 Å². The van der Waals surface area contributed by atoms with Gasteiger partial charge in [-0.1, -0.05) is 59.1 Å². The van der Waals surface area contributed by atoms with E-state index < -0.39 is 6.04 Å². The van der Waals surface area contributed by atoms with Crippen molar-refractivity contribution in [3.63, 3.8) is 0 Å². The molecule has 21 heavy (non-hydrogen) atoms. The molecule has 2 rings (SSSR count). The molecule has 0 aliphatic carbocycles.